The lowest BCUT2D eigenvalue weighted by Gasteiger charge is -2.33. The Morgan fingerprint density at radius 1 is 1.25 bits per heavy atom. The van der Waals surface area contributed by atoms with Crippen molar-refractivity contribution in [2.45, 2.75) is 23.7 Å². The quantitative estimate of drug-likeness (QED) is 0.458. The van der Waals surface area contributed by atoms with Crippen molar-refractivity contribution in [1.82, 2.24) is 14.6 Å². The zero-order valence-corrected chi connectivity index (χ0v) is 21.3. The number of carbonyl (C=O) groups is 1. The van der Waals surface area contributed by atoms with Gasteiger partial charge in [-0.3, -0.25) is 9.20 Å². The Labute approximate surface area is 214 Å². The van der Waals surface area contributed by atoms with Crippen LogP contribution in [0.15, 0.2) is 47.5 Å². The molecule has 3 aromatic rings. The zero-order chi connectivity index (χ0) is 25.1. The van der Waals surface area contributed by atoms with Gasteiger partial charge in [-0.25, -0.2) is 4.39 Å². The second-order valence-corrected chi connectivity index (χ2v) is 10.1. The van der Waals surface area contributed by atoms with Gasteiger partial charge in [0.25, 0.3) is 5.91 Å². The minimum atomic E-state index is -0.921. The normalized spacial score (nSPS) is 19.5. The molecule has 188 valence electrons. The number of carbonyl (C=O) groups excluding carboxylic acids is 1. The van der Waals surface area contributed by atoms with Crippen molar-refractivity contribution >= 4 is 34.6 Å². The van der Waals surface area contributed by atoms with E-state index in [1.54, 1.807) is 30.9 Å². The van der Waals surface area contributed by atoms with Gasteiger partial charge in [-0.2, -0.15) is 0 Å². The predicted octanol–water partition coefficient (Wildman–Crippen LogP) is 3.70. The fraction of sp³-hybridized carbons (Fsp3) is 0.370. The van der Waals surface area contributed by atoms with Gasteiger partial charge in [0.15, 0.2) is 5.88 Å². The molecule has 9 heteroatoms. The van der Waals surface area contributed by atoms with Crippen LogP contribution in [0.4, 0.5) is 15.8 Å². The summed E-state index contributed by atoms with van der Waals surface area (Å²) in [6.07, 6.45) is -0.165. The molecule has 5 rings (SSSR count). The maximum absolute atomic E-state index is 14.7. The van der Waals surface area contributed by atoms with E-state index in [2.05, 4.69) is 38.3 Å². The number of hydrogen-bond donors (Lipinski definition) is 3. The van der Waals surface area contributed by atoms with E-state index < -0.39 is 6.17 Å². The molecule has 0 bridgehead atoms. The number of pyridine rings is 1. The average molecular weight is 508 g/mol. The van der Waals surface area contributed by atoms with Crippen LogP contribution >= 0.6 is 11.8 Å². The maximum atomic E-state index is 14.7. The van der Waals surface area contributed by atoms with Gasteiger partial charge in [0.1, 0.15) is 6.17 Å². The molecule has 36 heavy (non-hydrogen) atoms. The number of halogens is 1. The molecule has 1 amide bonds. The molecule has 2 aliphatic heterocycles. The molecule has 1 aromatic carbocycles. The van der Waals surface area contributed by atoms with Crippen LogP contribution in [0.5, 0.6) is 5.88 Å². The number of nitrogens with one attached hydrogen (secondary N) is 3. The van der Waals surface area contributed by atoms with Gasteiger partial charge in [-0.05, 0) is 49.9 Å². The van der Waals surface area contributed by atoms with Gasteiger partial charge in [0.2, 0.25) is 0 Å². The summed E-state index contributed by atoms with van der Waals surface area (Å²) in [6, 6.07) is 13.1. The minimum Gasteiger partial charge on any atom is -0.478 e. The largest absolute Gasteiger partial charge is 0.478 e. The summed E-state index contributed by atoms with van der Waals surface area (Å²) in [6.45, 7) is 2.39. The summed E-state index contributed by atoms with van der Waals surface area (Å²) >= 11 is 1.72. The summed E-state index contributed by atoms with van der Waals surface area (Å²) in [5, 5.41) is 10.4. The first-order valence-corrected chi connectivity index (χ1v) is 13.1. The van der Waals surface area contributed by atoms with Crippen molar-refractivity contribution in [2.24, 2.45) is 0 Å². The van der Waals surface area contributed by atoms with Crippen LogP contribution in [0.25, 0.3) is 5.52 Å². The maximum Gasteiger partial charge on any atom is 0.251 e. The van der Waals surface area contributed by atoms with Crippen LogP contribution in [0.2, 0.25) is 0 Å². The SMILES string of the molecule is CNC(=O)c1ccc(NCC#Cc2cc3c(N[C@H]4CCN(C)C[C@H]4F)ccc4n3c2SCCO4)cc1. The molecule has 0 saturated carbocycles. The third kappa shape index (κ3) is 5.11. The fourth-order valence-electron chi connectivity index (χ4n) is 4.56. The molecule has 0 spiro atoms. The molecule has 4 heterocycles. The second kappa shape index (κ2) is 10.7. The summed E-state index contributed by atoms with van der Waals surface area (Å²) in [4.78, 5) is 13.7. The number of aromatic nitrogens is 1. The van der Waals surface area contributed by atoms with E-state index in [0.717, 1.165) is 52.1 Å². The molecule has 3 N–H and O–H groups in total. The Morgan fingerprint density at radius 3 is 2.86 bits per heavy atom. The van der Waals surface area contributed by atoms with Crippen LogP contribution in [0.3, 0.4) is 0 Å². The van der Waals surface area contributed by atoms with Gasteiger partial charge >= 0.3 is 0 Å². The summed E-state index contributed by atoms with van der Waals surface area (Å²) in [5.41, 5.74) is 4.28. The summed E-state index contributed by atoms with van der Waals surface area (Å²) in [5.74, 6) is 8.03. The first-order valence-electron chi connectivity index (χ1n) is 12.1. The fourth-order valence-corrected chi connectivity index (χ4v) is 5.51. The highest BCUT2D eigenvalue weighted by Crippen LogP contribution is 2.37. The molecule has 2 aromatic heterocycles. The number of anilines is 2. The highest BCUT2D eigenvalue weighted by Gasteiger charge is 2.28. The molecule has 2 atom stereocenters. The third-order valence-electron chi connectivity index (χ3n) is 6.48. The molecule has 0 radical (unpaired) electrons. The third-order valence-corrected chi connectivity index (χ3v) is 7.53. The van der Waals surface area contributed by atoms with Crippen molar-refractivity contribution in [3.05, 3.63) is 53.6 Å². The van der Waals surface area contributed by atoms with E-state index in [0.29, 0.717) is 25.3 Å². The lowest BCUT2D eigenvalue weighted by atomic mass is 10.0. The molecule has 0 unspecified atom stereocenters. The molecule has 7 nitrogen and oxygen atoms in total. The van der Waals surface area contributed by atoms with Gasteiger partial charge < -0.3 is 25.6 Å². The summed E-state index contributed by atoms with van der Waals surface area (Å²) in [7, 11) is 3.57. The van der Waals surface area contributed by atoms with E-state index in [4.69, 9.17) is 4.74 Å². The van der Waals surface area contributed by atoms with Crippen molar-refractivity contribution < 1.29 is 13.9 Å². The molecule has 0 aliphatic carbocycles. The molecule has 1 fully saturated rings. The average Bonchev–Trinajstić information content (AvgIpc) is 3.11. The highest BCUT2D eigenvalue weighted by molar-refractivity contribution is 7.99. The number of amides is 1. The topological polar surface area (TPSA) is 70.0 Å². The van der Waals surface area contributed by atoms with E-state index in [9.17, 15) is 9.18 Å². The Kier molecular flexibility index (Phi) is 7.25. The Balaban J connectivity index is 1.36. The smallest absolute Gasteiger partial charge is 0.251 e. The summed E-state index contributed by atoms with van der Waals surface area (Å²) < 4.78 is 22.8. The Hall–Kier alpha value is -3.35. The zero-order valence-electron chi connectivity index (χ0n) is 20.4. The van der Waals surface area contributed by atoms with E-state index >= 15 is 0 Å². The van der Waals surface area contributed by atoms with Gasteiger partial charge in [0.05, 0.1) is 41.0 Å². The number of benzene rings is 1. The number of thioether (sulfide) groups is 1. The van der Waals surface area contributed by atoms with Crippen LogP contribution in [0.1, 0.15) is 22.3 Å². The lowest BCUT2D eigenvalue weighted by molar-refractivity contribution is 0.0963. The second-order valence-electron chi connectivity index (χ2n) is 9.00. The van der Waals surface area contributed by atoms with Crippen molar-refractivity contribution in [3.8, 4) is 17.7 Å². The van der Waals surface area contributed by atoms with Gasteiger partial charge in [-0.15, -0.1) is 11.8 Å². The number of piperidine rings is 1. The van der Waals surface area contributed by atoms with Crippen LogP contribution in [-0.2, 0) is 0 Å². The first-order chi connectivity index (χ1) is 17.5. The number of ether oxygens (including phenoxy) is 1. The lowest BCUT2D eigenvalue weighted by Crippen LogP contribution is -2.46. The first kappa shape index (κ1) is 24.3. The Morgan fingerprint density at radius 2 is 2.08 bits per heavy atom. The van der Waals surface area contributed by atoms with E-state index in [1.165, 1.54) is 0 Å². The number of rotatable bonds is 5. The number of alkyl halides is 1. The van der Waals surface area contributed by atoms with Crippen molar-refractivity contribution in [2.75, 3.05) is 56.7 Å². The molecule has 1 saturated heterocycles. The van der Waals surface area contributed by atoms with Gasteiger partial charge in [-0.1, -0.05) is 11.8 Å². The van der Waals surface area contributed by atoms with E-state index in [-0.39, 0.29) is 11.9 Å². The number of hydrogen-bond acceptors (Lipinski definition) is 6. The predicted molar refractivity (Wildman–Crippen MR) is 143 cm³/mol. The number of nitrogens with zero attached hydrogens (tertiary/aromatic N) is 2. The minimum absolute atomic E-state index is 0.112. The molecular weight excluding hydrogens is 477 g/mol. The molecule has 2 aliphatic rings. The van der Waals surface area contributed by atoms with E-state index in [1.807, 2.05) is 36.2 Å². The van der Waals surface area contributed by atoms with Crippen LogP contribution < -0.4 is 20.7 Å². The monoisotopic (exact) mass is 507 g/mol. The Bertz CT molecular complexity index is 1310. The van der Waals surface area contributed by atoms with Crippen LogP contribution in [-0.4, -0.2) is 73.5 Å². The highest BCUT2D eigenvalue weighted by atomic mass is 32.2. The molecular formula is C27H30FN5O2S. The standard InChI is InChI=1S/C27H30FN5O2S/c1-29-26(34)18-5-7-20(8-6-18)30-12-3-4-19-16-24-23(31-22-11-13-32(2)17-21(22)28)9-10-25-33(24)27(19)36-15-14-35-25/h5-10,16,21-22,30-31H,11-15,17H2,1-2H3,(H,29,34)/t21-,22+/m1/s1. The number of likely N-dealkylation sites (tertiary alicyclic amines) is 1. The van der Waals surface area contributed by atoms with Crippen molar-refractivity contribution in [3.63, 3.8) is 0 Å². The van der Waals surface area contributed by atoms with Gasteiger partial charge in [0, 0.05) is 43.2 Å². The van der Waals surface area contributed by atoms with Crippen molar-refractivity contribution in [1.29, 1.82) is 0 Å². The van der Waals surface area contributed by atoms with Crippen LogP contribution in [0, 0.1) is 11.8 Å².